The van der Waals surface area contributed by atoms with E-state index in [-0.39, 0.29) is 18.1 Å². The Labute approximate surface area is 163 Å². The van der Waals surface area contributed by atoms with Gasteiger partial charge >= 0.3 is 5.97 Å². The molecule has 0 saturated carbocycles. The molecule has 2 N–H and O–H groups in total. The third-order valence-electron chi connectivity index (χ3n) is 4.17. The van der Waals surface area contributed by atoms with Gasteiger partial charge in [0.05, 0.1) is 5.75 Å². The third-order valence-corrected chi connectivity index (χ3v) is 6.01. The first-order chi connectivity index (χ1) is 12.3. The molecule has 0 aliphatic heterocycles. The molecule has 0 fully saturated rings. The lowest BCUT2D eigenvalue weighted by atomic mass is 10.1. The number of rotatable bonds is 10. The minimum Gasteiger partial charge on any atom is -0.481 e. The fraction of sp³-hybridized carbons (Fsp3) is 0.421. The van der Waals surface area contributed by atoms with Crippen LogP contribution in [-0.4, -0.2) is 25.2 Å². The van der Waals surface area contributed by atoms with Gasteiger partial charge in [0.1, 0.15) is 0 Å². The van der Waals surface area contributed by atoms with Crippen molar-refractivity contribution in [2.24, 2.45) is 5.92 Å². The molecule has 1 aliphatic rings. The Bertz CT molecular complexity index is 769. The average molecular weight is 442 g/mol. The lowest BCUT2D eigenvalue weighted by Gasteiger charge is -2.08. The first-order valence-corrected chi connectivity index (χ1v) is 11.1. The normalized spacial score (nSPS) is 17.4. The van der Waals surface area contributed by atoms with E-state index in [4.69, 9.17) is 5.11 Å². The molecule has 0 spiro atoms. The van der Waals surface area contributed by atoms with E-state index in [1.807, 2.05) is 42.5 Å². The highest BCUT2D eigenvalue weighted by Crippen LogP contribution is 2.24. The summed E-state index contributed by atoms with van der Waals surface area (Å²) in [5.74, 6) is -0.509. The van der Waals surface area contributed by atoms with Crippen molar-refractivity contribution in [1.82, 2.24) is 4.72 Å². The summed E-state index contributed by atoms with van der Waals surface area (Å²) in [4.78, 5) is 10.5. The number of carboxylic acids is 1. The molecule has 1 aliphatic carbocycles. The summed E-state index contributed by atoms with van der Waals surface area (Å²) in [6.45, 7) is 0. The molecule has 142 valence electrons. The number of allylic oxidation sites excluding steroid dienone is 4. The van der Waals surface area contributed by atoms with Crippen LogP contribution in [0.15, 0.2) is 52.7 Å². The number of benzene rings is 1. The van der Waals surface area contributed by atoms with Gasteiger partial charge in [0.2, 0.25) is 10.0 Å². The molecule has 0 saturated heterocycles. The van der Waals surface area contributed by atoms with Crippen LogP contribution in [0.2, 0.25) is 0 Å². The molecule has 26 heavy (non-hydrogen) atoms. The van der Waals surface area contributed by atoms with Crippen molar-refractivity contribution >= 4 is 31.9 Å². The Balaban J connectivity index is 1.78. The molecule has 0 amide bonds. The van der Waals surface area contributed by atoms with Crippen molar-refractivity contribution < 1.29 is 18.3 Å². The molecule has 5 nitrogen and oxygen atoms in total. The predicted octanol–water partition coefficient (Wildman–Crippen LogP) is 4.02. The molecule has 2 rings (SSSR count). The maximum atomic E-state index is 12.3. The fourth-order valence-corrected chi connectivity index (χ4v) is 4.22. The predicted molar refractivity (Wildman–Crippen MR) is 106 cm³/mol. The quantitative estimate of drug-likeness (QED) is 0.424. The standard InChI is InChI=1S/C19H24BrNO4S/c20-17-9-6-15(7-10-17)12-13-26(24,25)21-18-11-8-16(14-18)4-2-1-3-5-19(22)23/h2,4,6-7,9-10,14,16,21H,1,3,5,8,11-13H2,(H,22,23). The molecule has 1 aromatic carbocycles. The van der Waals surface area contributed by atoms with E-state index in [1.165, 1.54) is 0 Å². The number of carboxylic acid groups (broad SMARTS) is 1. The monoisotopic (exact) mass is 441 g/mol. The number of nitrogens with one attached hydrogen (secondary N) is 1. The summed E-state index contributed by atoms with van der Waals surface area (Å²) in [7, 11) is -3.35. The minimum absolute atomic E-state index is 0.0572. The summed E-state index contributed by atoms with van der Waals surface area (Å²) in [5, 5.41) is 8.59. The second-order valence-electron chi connectivity index (χ2n) is 6.41. The molecule has 0 bridgehead atoms. The van der Waals surface area contributed by atoms with Crippen LogP contribution in [0.1, 0.15) is 37.7 Å². The Hall–Kier alpha value is -1.60. The van der Waals surface area contributed by atoms with Gasteiger partial charge in [0.15, 0.2) is 0 Å². The highest BCUT2D eigenvalue weighted by atomic mass is 79.9. The van der Waals surface area contributed by atoms with Crippen molar-refractivity contribution in [3.05, 3.63) is 58.2 Å². The Morgan fingerprint density at radius 1 is 1.31 bits per heavy atom. The van der Waals surface area contributed by atoms with Crippen molar-refractivity contribution in [3.8, 4) is 0 Å². The smallest absolute Gasteiger partial charge is 0.303 e. The summed E-state index contributed by atoms with van der Waals surface area (Å²) in [6, 6.07) is 7.64. The van der Waals surface area contributed by atoms with Gasteiger partial charge in [0.25, 0.3) is 0 Å². The number of halogens is 1. The van der Waals surface area contributed by atoms with Crippen LogP contribution in [-0.2, 0) is 21.2 Å². The fourth-order valence-electron chi connectivity index (χ4n) is 2.78. The highest BCUT2D eigenvalue weighted by molar-refractivity contribution is 9.10. The summed E-state index contributed by atoms with van der Waals surface area (Å²) in [6.07, 6.45) is 9.55. The van der Waals surface area contributed by atoms with Gasteiger partial charge in [0, 0.05) is 16.6 Å². The van der Waals surface area contributed by atoms with E-state index in [1.54, 1.807) is 0 Å². The molecule has 0 heterocycles. The first kappa shape index (κ1) is 20.7. The molecular weight excluding hydrogens is 418 g/mol. The summed E-state index contributed by atoms with van der Waals surface area (Å²) >= 11 is 3.36. The van der Waals surface area contributed by atoms with Crippen LogP contribution in [0.25, 0.3) is 0 Å². The molecule has 0 aromatic heterocycles. The SMILES string of the molecule is O=C(O)CCCC=CC1C=C(NS(=O)(=O)CCc2ccc(Br)cc2)CC1. The number of carbonyl (C=O) groups is 1. The molecular formula is C19H24BrNO4S. The van der Waals surface area contributed by atoms with Crippen molar-refractivity contribution in [2.75, 3.05) is 5.75 Å². The molecule has 1 atom stereocenters. The van der Waals surface area contributed by atoms with Gasteiger partial charge < -0.3 is 5.11 Å². The highest BCUT2D eigenvalue weighted by Gasteiger charge is 2.18. The van der Waals surface area contributed by atoms with Crippen LogP contribution in [0.5, 0.6) is 0 Å². The zero-order chi connectivity index (χ0) is 19.0. The average Bonchev–Trinajstić information content (AvgIpc) is 3.00. The van der Waals surface area contributed by atoms with Gasteiger partial charge in [-0.05, 0) is 55.7 Å². The Kier molecular flexibility index (Phi) is 7.90. The summed E-state index contributed by atoms with van der Waals surface area (Å²) in [5.41, 5.74) is 1.74. The third kappa shape index (κ3) is 7.74. The number of aliphatic carboxylic acids is 1. The van der Waals surface area contributed by atoms with E-state index in [2.05, 4.69) is 20.7 Å². The van der Waals surface area contributed by atoms with Crippen LogP contribution >= 0.6 is 15.9 Å². The minimum atomic E-state index is -3.35. The van der Waals surface area contributed by atoms with Crippen LogP contribution in [0, 0.1) is 5.92 Å². The van der Waals surface area contributed by atoms with Gasteiger partial charge in [-0.15, -0.1) is 0 Å². The Morgan fingerprint density at radius 2 is 2.04 bits per heavy atom. The van der Waals surface area contributed by atoms with Crippen molar-refractivity contribution in [3.63, 3.8) is 0 Å². The van der Waals surface area contributed by atoms with Gasteiger partial charge in [-0.3, -0.25) is 9.52 Å². The van der Waals surface area contributed by atoms with Crippen LogP contribution in [0.4, 0.5) is 0 Å². The molecule has 1 unspecified atom stereocenters. The number of sulfonamides is 1. The van der Waals surface area contributed by atoms with Gasteiger partial charge in [-0.1, -0.05) is 46.3 Å². The molecule has 0 radical (unpaired) electrons. The van der Waals surface area contributed by atoms with E-state index in [0.29, 0.717) is 19.3 Å². The number of aryl methyl sites for hydroxylation is 1. The van der Waals surface area contributed by atoms with Gasteiger partial charge in [-0.2, -0.15) is 0 Å². The topological polar surface area (TPSA) is 83.5 Å². The first-order valence-electron chi connectivity index (χ1n) is 8.68. The van der Waals surface area contributed by atoms with Crippen molar-refractivity contribution in [1.29, 1.82) is 0 Å². The van der Waals surface area contributed by atoms with Gasteiger partial charge in [-0.25, -0.2) is 8.42 Å². The zero-order valence-corrected chi connectivity index (χ0v) is 16.9. The number of hydrogen-bond donors (Lipinski definition) is 2. The van der Waals surface area contributed by atoms with E-state index < -0.39 is 16.0 Å². The number of hydrogen-bond acceptors (Lipinski definition) is 3. The lowest BCUT2D eigenvalue weighted by Crippen LogP contribution is -2.26. The Morgan fingerprint density at radius 3 is 2.73 bits per heavy atom. The van der Waals surface area contributed by atoms with Crippen LogP contribution in [0.3, 0.4) is 0 Å². The molecule has 7 heteroatoms. The molecule has 1 aromatic rings. The second-order valence-corrected chi connectivity index (χ2v) is 9.16. The largest absolute Gasteiger partial charge is 0.481 e. The summed E-state index contributed by atoms with van der Waals surface area (Å²) < 4.78 is 28.2. The second kappa shape index (κ2) is 9.92. The van der Waals surface area contributed by atoms with E-state index in [0.717, 1.165) is 28.6 Å². The van der Waals surface area contributed by atoms with Crippen LogP contribution < -0.4 is 4.72 Å². The lowest BCUT2D eigenvalue weighted by molar-refractivity contribution is -0.137. The maximum absolute atomic E-state index is 12.3. The van der Waals surface area contributed by atoms with Crippen molar-refractivity contribution in [2.45, 2.75) is 38.5 Å². The zero-order valence-electron chi connectivity index (χ0n) is 14.5. The number of unbranched alkanes of at least 4 members (excludes halogenated alkanes) is 1. The van der Waals surface area contributed by atoms with E-state index in [9.17, 15) is 13.2 Å². The van der Waals surface area contributed by atoms with E-state index >= 15 is 0 Å². The maximum Gasteiger partial charge on any atom is 0.303 e.